The third-order valence-electron chi connectivity index (χ3n) is 5.65. The Morgan fingerprint density at radius 3 is 2.31 bits per heavy atom. The summed E-state index contributed by atoms with van der Waals surface area (Å²) in [4.78, 5) is 4.46. The summed E-state index contributed by atoms with van der Waals surface area (Å²) in [5.74, 6) is 2.31. The van der Waals surface area contributed by atoms with Crippen LogP contribution in [0, 0.1) is 0 Å². The molecule has 0 aliphatic carbocycles. The molecule has 0 N–H and O–H groups in total. The molecule has 3 rings (SSSR count). The topological polar surface area (TPSA) is 49.8 Å². The Hall–Kier alpha value is -2.27. The summed E-state index contributed by atoms with van der Waals surface area (Å²) in [6.07, 6.45) is 13.2. The zero-order valence-corrected chi connectivity index (χ0v) is 19.8. The Bertz CT molecular complexity index is 778. The van der Waals surface area contributed by atoms with Gasteiger partial charge in [-0.3, -0.25) is 0 Å². The van der Waals surface area contributed by atoms with Gasteiger partial charge in [0.15, 0.2) is 11.5 Å². The van der Waals surface area contributed by atoms with Gasteiger partial charge in [0.05, 0.1) is 6.61 Å². The highest BCUT2D eigenvalue weighted by molar-refractivity contribution is 5.67. The normalized spacial score (nSPS) is 14.6. The molecule has 0 fully saturated rings. The molecular formula is C27H39NO4. The van der Waals surface area contributed by atoms with Crippen LogP contribution >= 0.6 is 0 Å². The van der Waals surface area contributed by atoms with Gasteiger partial charge in [0.2, 0.25) is 12.2 Å². The number of rotatable bonds is 16. The van der Waals surface area contributed by atoms with Crippen molar-refractivity contribution >= 4 is 0 Å². The zero-order valence-electron chi connectivity index (χ0n) is 19.8. The van der Waals surface area contributed by atoms with Crippen LogP contribution in [0.1, 0.15) is 78.1 Å². The lowest BCUT2D eigenvalue weighted by Crippen LogP contribution is -2.17. The second-order valence-electron chi connectivity index (χ2n) is 8.44. The number of hydrogen-bond acceptors (Lipinski definition) is 5. The molecule has 0 saturated heterocycles. The zero-order chi connectivity index (χ0) is 22.4. The van der Waals surface area contributed by atoms with E-state index in [1.54, 1.807) is 0 Å². The van der Waals surface area contributed by atoms with Gasteiger partial charge in [-0.15, -0.1) is 0 Å². The van der Waals surface area contributed by atoms with Crippen molar-refractivity contribution in [1.82, 2.24) is 4.98 Å². The smallest absolute Gasteiger partial charge is 0.241 e. The molecule has 2 aromatic rings. The van der Waals surface area contributed by atoms with Crippen LogP contribution in [0.25, 0.3) is 11.1 Å². The van der Waals surface area contributed by atoms with E-state index in [-0.39, 0.29) is 6.29 Å². The van der Waals surface area contributed by atoms with Crippen molar-refractivity contribution in [2.45, 2.75) is 84.3 Å². The fraction of sp³-hybridized carbons (Fsp3) is 0.593. The summed E-state index contributed by atoms with van der Waals surface area (Å²) in [6.45, 7) is 6.74. The number of unbranched alkanes of at least 4 members (excludes halogenated alkanes) is 6. The molecule has 0 amide bonds. The summed E-state index contributed by atoms with van der Waals surface area (Å²) in [7, 11) is 0. The fourth-order valence-corrected chi connectivity index (χ4v) is 3.68. The van der Waals surface area contributed by atoms with Gasteiger partial charge in [-0.25, -0.2) is 4.98 Å². The van der Waals surface area contributed by atoms with Crippen LogP contribution in [-0.4, -0.2) is 31.1 Å². The summed E-state index contributed by atoms with van der Waals surface area (Å²) in [6, 6.07) is 10.1. The van der Waals surface area contributed by atoms with Gasteiger partial charge >= 0.3 is 0 Å². The number of nitrogens with zero attached hydrogens (tertiary/aromatic N) is 1. The van der Waals surface area contributed by atoms with Crippen LogP contribution in [0.2, 0.25) is 0 Å². The van der Waals surface area contributed by atoms with Gasteiger partial charge in [-0.1, -0.05) is 52.0 Å². The molecule has 1 aliphatic rings. The van der Waals surface area contributed by atoms with Crippen molar-refractivity contribution in [3.8, 4) is 28.5 Å². The molecule has 0 spiro atoms. The Balaban J connectivity index is 1.40. The highest BCUT2D eigenvalue weighted by atomic mass is 16.7. The Morgan fingerprint density at radius 2 is 1.50 bits per heavy atom. The minimum absolute atomic E-state index is 0.159. The molecule has 1 atom stereocenters. The second kappa shape index (κ2) is 14.0. The molecule has 176 valence electrons. The lowest BCUT2D eigenvalue weighted by Gasteiger charge is -2.09. The first-order chi connectivity index (χ1) is 15.8. The quantitative estimate of drug-likeness (QED) is 0.258. The molecule has 1 unspecified atom stereocenters. The summed E-state index contributed by atoms with van der Waals surface area (Å²) < 4.78 is 23.3. The highest BCUT2D eigenvalue weighted by Crippen LogP contribution is 2.39. The predicted molar refractivity (Wildman–Crippen MR) is 129 cm³/mol. The number of fused-ring (bicyclic) bond motifs is 1. The third kappa shape index (κ3) is 8.01. The van der Waals surface area contributed by atoms with E-state index in [1.807, 2.05) is 30.5 Å². The standard InChI is InChI=1S/C27H39NO4/c1-3-5-7-8-9-12-27-31-24-15-13-22(20-25(24)32-27)23-14-16-26(28-21-23)30-19-11-10-18-29-17-6-4-2/h13-16,20-21,27H,3-12,17-19H2,1-2H3. The van der Waals surface area contributed by atoms with E-state index in [0.29, 0.717) is 12.5 Å². The Labute approximate surface area is 193 Å². The molecule has 0 radical (unpaired) electrons. The average molecular weight is 442 g/mol. The van der Waals surface area contributed by atoms with Crippen molar-refractivity contribution < 1.29 is 18.9 Å². The first kappa shape index (κ1) is 24.4. The number of aromatic nitrogens is 1. The lowest BCUT2D eigenvalue weighted by atomic mass is 10.1. The molecular weight excluding hydrogens is 402 g/mol. The van der Waals surface area contributed by atoms with Crippen molar-refractivity contribution in [2.75, 3.05) is 19.8 Å². The van der Waals surface area contributed by atoms with Crippen LogP contribution in [0.5, 0.6) is 17.4 Å². The first-order valence-corrected chi connectivity index (χ1v) is 12.4. The lowest BCUT2D eigenvalue weighted by molar-refractivity contribution is 0.0395. The van der Waals surface area contributed by atoms with Crippen molar-refractivity contribution in [3.05, 3.63) is 36.5 Å². The van der Waals surface area contributed by atoms with E-state index < -0.39 is 0 Å². The highest BCUT2D eigenvalue weighted by Gasteiger charge is 2.24. The van der Waals surface area contributed by atoms with E-state index in [9.17, 15) is 0 Å². The van der Waals surface area contributed by atoms with E-state index in [4.69, 9.17) is 18.9 Å². The van der Waals surface area contributed by atoms with E-state index in [0.717, 1.165) is 67.9 Å². The van der Waals surface area contributed by atoms with Crippen molar-refractivity contribution in [1.29, 1.82) is 0 Å². The third-order valence-corrected chi connectivity index (χ3v) is 5.65. The average Bonchev–Trinajstić information content (AvgIpc) is 3.23. The minimum Gasteiger partial charge on any atom is -0.478 e. The summed E-state index contributed by atoms with van der Waals surface area (Å²) >= 11 is 0. The van der Waals surface area contributed by atoms with Gasteiger partial charge in [-0.05, 0) is 49.4 Å². The molecule has 2 heterocycles. The summed E-state index contributed by atoms with van der Waals surface area (Å²) in [5, 5.41) is 0. The predicted octanol–water partition coefficient (Wildman–Crippen LogP) is 7.18. The van der Waals surface area contributed by atoms with Gasteiger partial charge in [0.1, 0.15) is 0 Å². The monoisotopic (exact) mass is 441 g/mol. The number of ether oxygens (including phenoxy) is 4. The Morgan fingerprint density at radius 1 is 0.750 bits per heavy atom. The van der Waals surface area contributed by atoms with Crippen molar-refractivity contribution in [3.63, 3.8) is 0 Å². The first-order valence-electron chi connectivity index (χ1n) is 12.4. The van der Waals surface area contributed by atoms with Crippen LogP contribution in [0.4, 0.5) is 0 Å². The molecule has 32 heavy (non-hydrogen) atoms. The van der Waals surface area contributed by atoms with Gasteiger partial charge in [-0.2, -0.15) is 0 Å². The number of pyridine rings is 1. The van der Waals surface area contributed by atoms with Crippen molar-refractivity contribution in [2.24, 2.45) is 0 Å². The largest absolute Gasteiger partial charge is 0.478 e. The maximum atomic E-state index is 6.03. The second-order valence-corrected chi connectivity index (χ2v) is 8.44. The molecule has 1 aromatic carbocycles. The molecule has 1 aliphatic heterocycles. The van der Waals surface area contributed by atoms with Crippen LogP contribution in [0.3, 0.4) is 0 Å². The molecule has 5 nitrogen and oxygen atoms in total. The van der Waals surface area contributed by atoms with Crippen LogP contribution in [-0.2, 0) is 4.74 Å². The Kier molecular flexibility index (Phi) is 10.7. The molecule has 1 aromatic heterocycles. The molecule has 0 bridgehead atoms. The van der Waals surface area contributed by atoms with Gasteiger partial charge in [0, 0.05) is 37.5 Å². The maximum Gasteiger partial charge on any atom is 0.241 e. The number of hydrogen-bond donors (Lipinski definition) is 0. The SMILES string of the molecule is CCCCCCCC1Oc2ccc(-c3ccc(OCCCCOCCCC)nc3)cc2O1. The molecule has 0 saturated carbocycles. The maximum absolute atomic E-state index is 6.03. The van der Waals surface area contributed by atoms with Crippen LogP contribution in [0.15, 0.2) is 36.5 Å². The minimum atomic E-state index is -0.159. The van der Waals surface area contributed by atoms with Gasteiger partial charge in [0.25, 0.3) is 0 Å². The van der Waals surface area contributed by atoms with E-state index in [2.05, 4.69) is 24.9 Å². The van der Waals surface area contributed by atoms with Crippen LogP contribution < -0.4 is 14.2 Å². The molecule has 5 heteroatoms. The van der Waals surface area contributed by atoms with E-state index >= 15 is 0 Å². The number of benzene rings is 1. The van der Waals surface area contributed by atoms with Gasteiger partial charge < -0.3 is 18.9 Å². The summed E-state index contributed by atoms with van der Waals surface area (Å²) in [5.41, 5.74) is 2.11. The van der Waals surface area contributed by atoms with E-state index in [1.165, 1.54) is 32.1 Å². The fourth-order valence-electron chi connectivity index (χ4n) is 3.68.